The van der Waals surface area contributed by atoms with Gasteiger partial charge in [-0.25, -0.2) is 0 Å². The molecule has 0 fully saturated rings. The van der Waals surface area contributed by atoms with E-state index in [4.69, 9.17) is 5.73 Å². The first-order chi connectivity index (χ1) is 10.1. The van der Waals surface area contributed by atoms with Gasteiger partial charge in [0.05, 0.1) is 6.54 Å². The van der Waals surface area contributed by atoms with Crippen LogP contribution in [0.5, 0.6) is 0 Å². The quantitative estimate of drug-likeness (QED) is 0.829. The minimum Gasteiger partial charge on any atom is -0.399 e. The summed E-state index contributed by atoms with van der Waals surface area (Å²) in [5.74, 6) is -0.0519. The molecule has 2 aromatic rings. The molecule has 0 aliphatic carbocycles. The first kappa shape index (κ1) is 14.9. The summed E-state index contributed by atoms with van der Waals surface area (Å²) in [6.45, 7) is 5.17. The van der Waals surface area contributed by atoms with Gasteiger partial charge < -0.3 is 16.0 Å². The number of nitrogens with one attached hydrogen (secondary N) is 1. The number of nitrogens with two attached hydrogens (primary N) is 1. The van der Waals surface area contributed by atoms with Gasteiger partial charge in [0.2, 0.25) is 5.91 Å². The molecule has 0 saturated carbocycles. The van der Waals surface area contributed by atoms with Gasteiger partial charge in [-0.05, 0) is 49.7 Å². The molecule has 1 amide bonds. The third-order valence-corrected chi connectivity index (χ3v) is 3.25. The van der Waals surface area contributed by atoms with E-state index in [1.807, 2.05) is 49.1 Å². The third-order valence-electron chi connectivity index (χ3n) is 3.25. The highest BCUT2D eigenvalue weighted by Crippen LogP contribution is 2.16. The molecule has 0 aliphatic heterocycles. The van der Waals surface area contributed by atoms with Gasteiger partial charge in [0, 0.05) is 23.6 Å². The Bertz CT molecular complexity index is 625. The molecule has 4 nitrogen and oxygen atoms in total. The topological polar surface area (TPSA) is 58.4 Å². The number of rotatable bonds is 5. The molecule has 0 aromatic heterocycles. The summed E-state index contributed by atoms with van der Waals surface area (Å²) in [4.78, 5) is 14.2. The number of hydrogen-bond acceptors (Lipinski definition) is 3. The Morgan fingerprint density at radius 2 is 1.95 bits per heavy atom. The van der Waals surface area contributed by atoms with E-state index in [1.54, 1.807) is 12.1 Å². The van der Waals surface area contributed by atoms with Crippen molar-refractivity contribution in [3.8, 4) is 0 Å². The minimum atomic E-state index is -0.0519. The number of aryl methyl sites for hydroxylation is 1. The second-order valence-electron chi connectivity index (χ2n) is 5.03. The first-order valence-electron chi connectivity index (χ1n) is 7.05. The molecule has 2 rings (SSSR count). The average molecular weight is 283 g/mol. The number of benzene rings is 2. The molecule has 0 spiro atoms. The van der Waals surface area contributed by atoms with Crippen LogP contribution in [-0.2, 0) is 4.79 Å². The van der Waals surface area contributed by atoms with Gasteiger partial charge in [0.1, 0.15) is 0 Å². The van der Waals surface area contributed by atoms with Crippen molar-refractivity contribution >= 4 is 23.0 Å². The number of amides is 1. The second-order valence-corrected chi connectivity index (χ2v) is 5.03. The summed E-state index contributed by atoms with van der Waals surface area (Å²) < 4.78 is 0. The predicted octanol–water partition coefficient (Wildman–Crippen LogP) is 3.04. The fourth-order valence-corrected chi connectivity index (χ4v) is 2.20. The molecular weight excluding hydrogens is 262 g/mol. The van der Waals surface area contributed by atoms with Crippen LogP contribution in [0.3, 0.4) is 0 Å². The highest BCUT2D eigenvalue weighted by molar-refractivity contribution is 5.94. The summed E-state index contributed by atoms with van der Waals surface area (Å²) >= 11 is 0. The fraction of sp³-hybridized carbons (Fsp3) is 0.235. The van der Waals surface area contributed by atoms with Crippen molar-refractivity contribution in [3.63, 3.8) is 0 Å². The Hall–Kier alpha value is -2.49. The molecule has 0 saturated heterocycles. The number of likely N-dealkylation sites (N-methyl/N-ethyl adjacent to an activating group) is 1. The van der Waals surface area contributed by atoms with Crippen LogP contribution in [0, 0.1) is 6.92 Å². The highest BCUT2D eigenvalue weighted by Gasteiger charge is 2.10. The number of hydrogen-bond donors (Lipinski definition) is 2. The molecule has 0 heterocycles. The standard InChI is InChI=1S/C17H21N3O/c1-3-20(16-9-4-6-13(2)10-16)12-17(21)19-15-8-5-7-14(18)11-15/h4-11H,3,12,18H2,1-2H3,(H,19,21). The molecule has 0 radical (unpaired) electrons. The van der Waals surface area contributed by atoms with Gasteiger partial charge in [0.25, 0.3) is 0 Å². The van der Waals surface area contributed by atoms with E-state index in [9.17, 15) is 4.79 Å². The van der Waals surface area contributed by atoms with Crippen molar-refractivity contribution in [1.82, 2.24) is 0 Å². The average Bonchev–Trinajstić information content (AvgIpc) is 2.44. The van der Waals surface area contributed by atoms with Crippen LogP contribution >= 0.6 is 0 Å². The zero-order valence-corrected chi connectivity index (χ0v) is 12.5. The molecule has 4 heteroatoms. The molecule has 0 aliphatic rings. The summed E-state index contributed by atoms with van der Waals surface area (Å²) in [6, 6.07) is 15.3. The largest absolute Gasteiger partial charge is 0.399 e. The lowest BCUT2D eigenvalue weighted by Gasteiger charge is -2.23. The second kappa shape index (κ2) is 6.79. The maximum absolute atomic E-state index is 12.2. The van der Waals surface area contributed by atoms with Crippen molar-refractivity contribution in [2.45, 2.75) is 13.8 Å². The predicted molar refractivity (Wildman–Crippen MR) is 88.6 cm³/mol. The molecular formula is C17H21N3O. The maximum atomic E-state index is 12.2. The van der Waals surface area contributed by atoms with Gasteiger partial charge in [-0.15, -0.1) is 0 Å². The number of carbonyl (C=O) groups excluding carboxylic acids is 1. The monoisotopic (exact) mass is 283 g/mol. The van der Waals surface area contributed by atoms with Crippen molar-refractivity contribution < 1.29 is 4.79 Å². The Balaban J connectivity index is 2.03. The zero-order chi connectivity index (χ0) is 15.2. The Kier molecular flexibility index (Phi) is 4.82. The lowest BCUT2D eigenvalue weighted by atomic mass is 10.2. The fourth-order valence-electron chi connectivity index (χ4n) is 2.20. The number of nitrogen functional groups attached to an aromatic ring is 1. The first-order valence-corrected chi connectivity index (χ1v) is 7.05. The van der Waals surface area contributed by atoms with E-state index in [1.165, 1.54) is 5.56 Å². The summed E-state index contributed by atoms with van der Waals surface area (Å²) in [5, 5.41) is 2.87. The van der Waals surface area contributed by atoms with Crippen LogP contribution in [0.4, 0.5) is 17.1 Å². The SMILES string of the molecule is CCN(CC(=O)Nc1cccc(N)c1)c1cccc(C)c1. The van der Waals surface area contributed by atoms with E-state index < -0.39 is 0 Å². The molecule has 0 atom stereocenters. The smallest absolute Gasteiger partial charge is 0.243 e. The molecule has 0 bridgehead atoms. The highest BCUT2D eigenvalue weighted by atomic mass is 16.2. The van der Waals surface area contributed by atoms with Crippen LogP contribution in [0.2, 0.25) is 0 Å². The molecule has 110 valence electrons. The van der Waals surface area contributed by atoms with Crippen LogP contribution in [-0.4, -0.2) is 19.0 Å². The third kappa shape index (κ3) is 4.24. The van der Waals surface area contributed by atoms with Gasteiger partial charge in [0.15, 0.2) is 0 Å². The van der Waals surface area contributed by atoms with Gasteiger partial charge in [-0.1, -0.05) is 18.2 Å². The van der Waals surface area contributed by atoms with E-state index in [0.29, 0.717) is 12.2 Å². The van der Waals surface area contributed by atoms with Crippen LogP contribution in [0.15, 0.2) is 48.5 Å². The van der Waals surface area contributed by atoms with E-state index in [-0.39, 0.29) is 5.91 Å². The summed E-state index contributed by atoms with van der Waals surface area (Å²) in [5.41, 5.74) is 9.31. The molecule has 21 heavy (non-hydrogen) atoms. The lowest BCUT2D eigenvalue weighted by molar-refractivity contribution is -0.115. The maximum Gasteiger partial charge on any atom is 0.243 e. The minimum absolute atomic E-state index is 0.0519. The molecule has 2 aromatic carbocycles. The van der Waals surface area contributed by atoms with Crippen molar-refractivity contribution in [2.24, 2.45) is 0 Å². The Morgan fingerprint density at radius 3 is 2.62 bits per heavy atom. The Labute approximate surface area is 125 Å². The van der Waals surface area contributed by atoms with Crippen molar-refractivity contribution in [3.05, 3.63) is 54.1 Å². The van der Waals surface area contributed by atoms with Crippen LogP contribution < -0.4 is 16.0 Å². The summed E-state index contributed by atoms with van der Waals surface area (Å²) in [6.07, 6.45) is 0. The van der Waals surface area contributed by atoms with Crippen molar-refractivity contribution in [1.29, 1.82) is 0 Å². The number of carbonyl (C=O) groups is 1. The number of anilines is 3. The molecule has 0 unspecified atom stereocenters. The normalized spacial score (nSPS) is 10.2. The van der Waals surface area contributed by atoms with Crippen LogP contribution in [0.1, 0.15) is 12.5 Å². The van der Waals surface area contributed by atoms with Crippen molar-refractivity contribution in [2.75, 3.05) is 29.0 Å². The van der Waals surface area contributed by atoms with Gasteiger partial charge >= 0.3 is 0 Å². The van der Waals surface area contributed by atoms with Gasteiger partial charge in [-0.3, -0.25) is 4.79 Å². The van der Waals surface area contributed by atoms with E-state index >= 15 is 0 Å². The van der Waals surface area contributed by atoms with Crippen LogP contribution in [0.25, 0.3) is 0 Å². The van der Waals surface area contributed by atoms with E-state index in [0.717, 1.165) is 17.9 Å². The lowest BCUT2D eigenvalue weighted by Crippen LogP contribution is -2.33. The summed E-state index contributed by atoms with van der Waals surface area (Å²) in [7, 11) is 0. The van der Waals surface area contributed by atoms with Gasteiger partial charge in [-0.2, -0.15) is 0 Å². The molecule has 3 N–H and O–H groups in total. The zero-order valence-electron chi connectivity index (χ0n) is 12.5. The van der Waals surface area contributed by atoms with E-state index in [2.05, 4.69) is 11.4 Å². The number of nitrogens with zero attached hydrogens (tertiary/aromatic N) is 1. The Morgan fingerprint density at radius 1 is 1.19 bits per heavy atom.